The van der Waals surface area contributed by atoms with Crippen molar-refractivity contribution in [3.05, 3.63) is 74.5 Å². The van der Waals surface area contributed by atoms with Gasteiger partial charge in [0.1, 0.15) is 5.82 Å². The lowest BCUT2D eigenvalue weighted by Crippen LogP contribution is -2.32. The fourth-order valence-corrected chi connectivity index (χ4v) is 2.54. The third-order valence-corrected chi connectivity index (χ3v) is 4.20. The number of hydrogen-bond donors (Lipinski definition) is 1. The lowest BCUT2D eigenvalue weighted by atomic mass is 10.2. The number of benzene rings is 2. The standard InChI is InChI=1S/C18H17ClFN3O4/c1-22(11-14-15(19)3-2-4-16(14)20)17(24)9-10-21-18(25)12-5-7-13(8-6-12)23(26)27/h2-8H,9-11H2,1H3,(H,21,25). The average molecular weight is 394 g/mol. The second-order valence-electron chi connectivity index (χ2n) is 5.76. The van der Waals surface area contributed by atoms with Crippen LogP contribution in [0, 0.1) is 15.9 Å². The maximum atomic E-state index is 13.8. The molecule has 0 heterocycles. The van der Waals surface area contributed by atoms with E-state index in [1.807, 2.05) is 0 Å². The van der Waals surface area contributed by atoms with Crippen LogP contribution in [0.4, 0.5) is 10.1 Å². The maximum absolute atomic E-state index is 13.8. The number of amides is 2. The van der Waals surface area contributed by atoms with E-state index in [1.165, 1.54) is 48.3 Å². The molecule has 0 radical (unpaired) electrons. The Kier molecular flexibility index (Phi) is 6.84. The van der Waals surface area contributed by atoms with Gasteiger partial charge in [-0.3, -0.25) is 19.7 Å². The molecule has 0 aromatic heterocycles. The quantitative estimate of drug-likeness (QED) is 0.577. The molecule has 142 valence electrons. The molecule has 0 bridgehead atoms. The molecule has 2 aromatic carbocycles. The molecule has 0 aliphatic heterocycles. The van der Waals surface area contributed by atoms with E-state index in [0.717, 1.165) is 0 Å². The van der Waals surface area contributed by atoms with Crippen molar-refractivity contribution in [1.29, 1.82) is 0 Å². The summed E-state index contributed by atoms with van der Waals surface area (Å²) in [6.45, 7) is 0.0879. The highest BCUT2D eigenvalue weighted by Crippen LogP contribution is 2.20. The number of nitro benzene ring substituents is 1. The third-order valence-electron chi connectivity index (χ3n) is 3.85. The highest BCUT2D eigenvalue weighted by molar-refractivity contribution is 6.31. The third kappa shape index (κ3) is 5.49. The van der Waals surface area contributed by atoms with Crippen LogP contribution in [0.15, 0.2) is 42.5 Å². The van der Waals surface area contributed by atoms with Crippen LogP contribution in [0.1, 0.15) is 22.3 Å². The first kappa shape index (κ1) is 20.3. The molecular weight excluding hydrogens is 377 g/mol. The highest BCUT2D eigenvalue weighted by Gasteiger charge is 2.15. The molecule has 0 spiro atoms. The van der Waals surface area contributed by atoms with Gasteiger partial charge in [0, 0.05) is 54.8 Å². The van der Waals surface area contributed by atoms with Crippen molar-refractivity contribution in [2.24, 2.45) is 0 Å². The van der Waals surface area contributed by atoms with Crippen LogP contribution in [-0.4, -0.2) is 35.2 Å². The molecule has 2 aromatic rings. The summed E-state index contributed by atoms with van der Waals surface area (Å²) in [5.41, 5.74) is 0.361. The van der Waals surface area contributed by atoms with E-state index in [-0.39, 0.29) is 47.3 Å². The fraction of sp³-hybridized carbons (Fsp3) is 0.222. The van der Waals surface area contributed by atoms with Crippen LogP contribution in [0.5, 0.6) is 0 Å². The summed E-state index contributed by atoms with van der Waals surface area (Å²) in [6.07, 6.45) is 0.0152. The number of nitro groups is 1. The van der Waals surface area contributed by atoms with E-state index in [1.54, 1.807) is 6.07 Å². The molecule has 0 saturated heterocycles. The Bertz CT molecular complexity index is 838. The summed E-state index contributed by atoms with van der Waals surface area (Å²) in [5, 5.41) is 13.4. The van der Waals surface area contributed by atoms with Gasteiger partial charge in [-0.05, 0) is 24.3 Å². The summed E-state index contributed by atoms with van der Waals surface area (Å²) >= 11 is 5.95. The van der Waals surface area contributed by atoms with Crippen molar-refractivity contribution < 1.29 is 18.9 Å². The van der Waals surface area contributed by atoms with Gasteiger partial charge >= 0.3 is 0 Å². The first-order valence-corrected chi connectivity index (χ1v) is 8.37. The zero-order valence-corrected chi connectivity index (χ0v) is 15.2. The number of non-ortho nitro benzene ring substituents is 1. The minimum atomic E-state index is -0.558. The minimum absolute atomic E-state index is 0.0145. The zero-order valence-electron chi connectivity index (χ0n) is 14.4. The van der Waals surface area contributed by atoms with E-state index in [2.05, 4.69) is 5.32 Å². The van der Waals surface area contributed by atoms with Gasteiger partial charge in [0.05, 0.1) is 4.92 Å². The molecule has 0 aliphatic carbocycles. The van der Waals surface area contributed by atoms with Gasteiger partial charge in [0.2, 0.25) is 5.91 Å². The molecule has 2 rings (SSSR count). The topological polar surface area (TPSA) is 92.6 Å². The molecule has 0 aliphatic rings. The molecule has 0 unspecified atom stereocenters. The second-order valence-corrected chi connectivity index (χ2v) is 6.17. The van der Waals surface area contributed by atoms with Crippen LogP contribution in [0.2, 0.25) is 5.02 Å². The summed E-state index contributed by atoms with van der Waals surface area (Å²) in [5.74, 6) is -1.23. The minimum Gasteiger partial charge on any atom is -0.352 e. The van der Waals surface area contributed by atoms with Gasteiger partial charge in [-0.15, -0.1) is 0 Å². The van der Waals surface area contributed by atoms with Crippen LogP contribution in [0.25, 0.3) is 0 Å². The molecule has 0 fully saturated rings. The SMILES string of the molecule is CN(Cc1c(F)cccc1Cl)C(=O)CCNC(=O)c1ccc([N+](=O)[O-])cc1. The van der Waals surface area contributed by atoms with Gasteiger partial charge in [-0.2, -0.15) is 0 Å². The summed E-state index contributed by atoms with van der Waals surface area (Å²) in [4.78, 5) is 35.5. The Hall–Kier alpha value is -3.00. The largest absolute Gasteiger partial charge is 0.352 e. The Morgan fingerprint density at radius 3 is 2.48 bits per heavy atom. The summed E-state index contributed by atoms with van der Waals surface area (Å²) < 4.78 is 13.8. The number of rotatable bonds is 7. The van der Waals surface area contributed by atoms with Crippen LogP contribution < -0.4 is 5.32 Å². The molecular formula is C18H17ClFN3O4. The molecule has 2 amide bonds. The molecule has 0 saturated carbocycles. The van der Waals surface area contributed by atoms with Crippen LogP contribution in [-0.2, 0) is 11.3 Å². The monoisotopic (exact) mass is 393 g/mol. The fourth-order valence-electron chi connectivity index (χ4n) is 2.32. The first-order valence-electron chi connectivity index (χ1n) is 7.99. The van der Waals surface area contributed by atoms with E-state index in [4.69, 9.17) is 11.6 Å². The van der Waals surface area contributed by atoms with Crippen molar-refractivity contribution in [3.63, 3.8) is 0 Å². The average Bonchev–Trinajstić information content (AvgIpc) is 2.64. The van der Waals surface area contributed by atoms with Crippen LogP contribution >= 0.6 is 11.6 Å². The van der Waals surface area contributed by atoms with E-state index >= 15 is 0 Å². The van der Waals surface area contributed by atoms with E-state index in [0.29, 0.717) is 0 Å². The number of nitrogens with one attached hydrogen (secondary N) is 1. The Labute approximate surface area is 159 Å². The highest BCUT2D eigenvalue weighted by atomic mass is 35.5. The number of hydrogen-bond acceptors (Lipinski definition) is 4. The van der Waals surface area contributed by atoms with Crippen LogP contribution in [0.3, 0.4) is 0 Å². The van der Waals surface area contributed by atoms with Gasteiger partial charge < -0.3 is 10.2 Å². The van der Waals surface area contributed by atoms with Crippen molar-refractivity contribution >= 4 is 29.1 Å². The molecule has 7 nitrogen and oxygen atoms in total. The molecule has 9 heteroatoms. The molecule has 1 N–H and O–H groups in total. The van der Waals surface area contributed by atoms with Crippen molar-refractivity contribution in [3.8, 4) is 0 Å². The predicted octanol–water partition coefficient (Wildman–Crippen LogP) is 3.17. The first-order chi connectivity index (χ1) is 12.8. The Morgan fingerprint density at radius 2 is 1.89 bits per heavy atom. The van der Waals surface area contributed by atoms with Gasteiger partial charge in [0.25, 0.3) is 11.6 Å². The van der Waals surface area contributed by atoms with E-state index < -0.39 is 16.6 Å². The van der Waals surface area contributed by atoms with Gasteiger partial charge in [-0.25, -0.2) is 4.39 Å². The number of nitrogens with zero attached hydrogens (tertiary/aromatic N) is 2. The summed E-state index contributed by atoms with van der Waals surface area (Å²) in [6, 6.07) is 9.42. The Balaban J connectivity index is 1.84. The molecule has 0 atom stereocenters. The molecule has 27 heavy (non-hydrogen) atoms. The Morgan fingerprint density at radius 1 is 1.22 bits per heavy atom. The maximum Gasteiger partial charge on any atom is 0.269 e. The van der Waals surface area contributed by atoms with Crippen molar-refractivity contribution in [2.75, 3.05) is 13.6 Å². The summed E-state index contributed by atoms with van der Waals surface area (Å²) in [7, 11) is 1.52. The second kappa shape index (κ2) is 9.09. The lowest BCUT2D eigenvalue weighted by molar-refractivity contribution is -0.384. The number of carbonyl (C=O) groups is 2. The van der Waals surface area contributed by atoms with Crippen molar-refractivity contribution in [1.82, 2.24) is 10.2 Å². The smallest absolute Gasteiger partial charge is 0.269 e. The van der Waals surface area contributed by atoms with Crippen molar-refractivity contribution in [2.45, 2.75) is 13.0 Å². The number of halogens is 2. The predicted molar refractivity (Wildman–Crippen MR) is 97.9 cm³/mol. The van der Waals surface area contributed by atoms with E-state index in [9.17, 15) is 24.1 Å². The number of carbonyl (C=O) groups excluding carboxylic acids is 2. The zero-order chi connectivity index (χ0) is 20.0. The van der Waals surface area contributed by atoms with Gasteiger partial charge in [-0.1, -0.05) is 17.7 Å². The van der Waals surface area contributed by atoms with Gasteiger partial charge in [0.15, 0.2) is 0 Å². The lowest BCUT2D eigenvalue weighted by Gasteiger charge is -2.18. The normalized spacial score (nSPS) is 10.3.